The van der Waals surface area contributed by atoms with Crippen LogP contribution < -0.4 is 10.5 Å². The van der Waals surface area contributed by atoms with E-state index >= 15 is 0 Å². The van der Waals surface area contributed by atoms with Gasteiger partial charge in [-0.1, -0.05) is 11.2 Å². The molecule has 0 saturated carbocycles. The highest BCUT2D eigenvalue weighted by atomic mass is 16.5. The molecule has 1 fully saturated rings. The van der Waals surface area contributed by atoms with E-state index in [0.717, 1.165) is 38.3 Å². The molecule has 1 aliphatic rings. The van der Waals surface area contributed by atoms with Gasteiger partial charge in [-0.25, -0.2) is 0 Å². The summed E-state index contributed by atoms with van der Waals surface area (Å²) in [5.74, 6) is 0.689. The molecule has 2 rings (SSSR count). The van der Waals surface area contributed by atoms with Crippen LogP contribution in [0.5, 0.6) is 5.75 Å². The molecule has 6 heteroatoms. The summed E-state index contributed by atoms with van der Waals surface area (Å²) in [6.07, 6.45) is 1.18. The first kappa shape index (κ1) is 15.6. The molecule has 1 heterocycles. The molecule has 0 atom stereocenters. The van der Waals surface area contributed by atoms with Crippen LogP contribution in [0.4, 0.5) is 0 Å². The predicted octanol–water partition coefficient (Wildman–Crippen LogP) is 0.927. The Morgan fingerprint density at radius 3 is 2.86 bits per heavy atom. The number of rotatable bonds is 4. The fourth-order valence-corrected chi connectivity index (χ4v) is 2.62. The van der Waals surface area contributed by atoms with Crippen molar-refractivity contribution in [2.24, 2.45) is 10.9 Å². The van der Waals surface area contributed by atoms with Crippen LogP contribution in [0.1, 0.15) is 17.5 Å². The zero-order chi connectivity index (χ0) is 15.2. The van der Waals surface area contributed by atoms with Gasteiger partial charge in [0.2, 0.25) is 0 Å². The van der Waals surface area contributed by atoms with Gasteiger partial charge in [-0.2, -0.15) is 0 Å². The van der Waals surface area contributed by atoms with E-state index in [1.54, 1.807) is 7.11 Å². The number of benzene rings is 1. The van der Waals surface area contributed by atoms with Gasteiger partial charge in [0.15, 0.2) is 5.84 Å². The van der Waals surface area contributed by atoms with E-state index < -0.39 is 0 Å². The Morgan fingerprint density at radius 1 is 1.33 bits per heavy atom. The monoisotopic (exact) mass is 292 g/mol. The number of oxime groups is 1. The zero-order valence-electron chi connectivity index (χ0n) is 12.7. The van der Waals surface area contributed by atoms with Crippen molar-refractivity contribution < 1.29 is 9.94 Å². The van der Waals surface area contributed by atoms with Gasteiger partial charge in [0.05, 0.1) is 12.7 Å². The third-order valence-electron chi connectivity index (χ3n) is 3.87. The summed E-state index contributed by atoms with van der Waals surface area (Å²) in [7, 11) is 3.74. The maximum Gasteiger partial charge on any atom is 0.173 e. The Kier molecular flexibility index (Phi) is 5.41. The summed E-state index contributed by atoms with van der Waals surface area (Å²) in [4.78, 5) is 4.79. The van der Waals surface area contributed by atoms with Gasteiger partial charge in [-0.15, -0.1) is 0 Å². The molecule has 0 aromatic heterocycles. The van der Waals surface area contributed by atoms with Crippen molar-refractivity contribution >= 4 is 5.84 Å². The molecule has 0 bridgehead atoms. The highest BCUT2D eigenvalue weighted by Gasteiger charge is 2.14. The number of likely N-dealkylation sites (N-methyl/N-ethyl adjacent to an activating group) is 1. The third kappa shape index (κ3) is 4.09. The van der Waals surface area contributed by atoms with Crippen molar-refractivity contribution in [3.05, 3.63) is 29.3 Å². The number of hydrogen-bond donors (Lipinski definition) is 2. The molecule has 21 heavy (non-hydrogen) atoms. The first-order valence-corrected chi connectivity index (χ1v) is 7.19. The Morgan fingerprint density at radius 2 is 2.14 bits per heavy atom. The molecule has 116 valence electrons. The van der Waals surface area contributed by atoms with Crippen LogP contribution in [0.15, 0.2) is 23.4 Å². The largest absolute Gasteiger partial charge is 0.496 e. The summed E-state index contributed by atoms with van der Waals surface area (Å²) in [6, 6.07) is 5.83. The van der Waals surface area contributed by atoms with E-state index in [-0.39, 0.29) is 5.84 Å². The van der Waals surface area contributed by atoms with Crippen molar-refractivity contribution in [1.29, 1.82) is 0 Å². The lowest BCUT2D eigenvalue weighted by molar-refractivity contribution is 0.269. The topological polar surface area (TPSA) is 74.3 Å². The van der Waals surface area contributed by atoms with Gasteiger partial charge >= 0.3 is 0 Å². The van der Waals surface area contributed by atoms with Gasteiger partial charge < -0.3 is 20.6 Å². The molecule has 1 aromatic carbocycles. The average Bonchev–Trinajstić information content (AvgIpc) is 2.71. The van der Waals surface area contributed by atoms with Crippen molar-refractivity contribution in [2.75, 3.05) is 40.3 Å². The van der Waals surface area contributed by atoms with Gasteiger partial charge in [-0.05, 0) is 44.3 Å². The summed E-state index contributed by atoms with van der Waals surface area (Å²) in [5.41, 5.74) is 7.49. The number of ether oxygens (including phenoxy) is 1. The first-order valence-electron chi connectivity index (χ1n) is 7.19. The Hall–Kier alpha value is -1.79. The van der Waals surface area contributed by atoms with Crippen molar-refractivity contribution in [1.82, 2.24) is 9.80 Å². The van der Waals surface area contributed by atoms with Gasteiger partial charge in [0.1, 0.15) is 5.75 Å². The van der Waals surface area contributed by atoms with Crippen LogP contribution in [-0.4, -0.2) is 61.2 Å². The van der Waals surface area contributed by atoms with E-state index in [1.165, 1.54) is 6.42 Å². The smallest absolute Gasteiger partial charge is 0.173 e. The van der Waals surface area contributed by atoms with Crippen LogP contribution in [0, 0.1) is 0 Å². The maximum atomic E-state index is 8.88. The predicted molar refractivity (Wildman–Crippen MR) is 82.9 cm³/mol. The molecule has 0 unspecified atom stereocenters. The van der Waals surface area contributed by atoms with Crippen molar-refractivity contribution in [2.45, 2.75) is 13.0 Å². The molecule has 1 aliphatic heterocycles. The van der Waals surface area contributed by atoms with Crippen molar-refractivity contribution in [3.63, 3.8) is 0 Å². The molecule has 1 aromatic rings. The maximum absolute atomic E-state index is 8.88. The minimum Gasteiger partial charge on any atom is -0.496 e. The van der Waals surface area contributed by atoms with E-state index in [9.17, 15) is 0 Å². The van der Waals surface area contributed by atoms with E-state index in [2.05, 4.69) is 22.0 Å². The van der Waals surface area contributed by atoms with E-state index in [1.807, 2.05) is 18.2 Å². The zero-order valence-corrected chi connectivity index (χ0v) is 12.7. The fraction of sp³-hybridized carbons (Fsp3) is 0.533. The summed E-state index contributed by atoms with van der Waals surface area (Å²) >= 11 is 0. The van der Waals surface area contributed by atoms with Crippen LogP contribution in [-0.2, 0) is 6.54 Å². The highest BCUT2D eigenvalue weighted by molar-refractivity contribution is 5.99. The van der Waals surface area contributed by atoms with Crippen LogP contribution in [0.25, 0.3) is 0 Å². The van der Waals surface area contributed by atoms with E-state index in [4.69, 9.17) is 15.7 Å². The molecule has 1 saturated heterocycles. The van der Waals surface area contributed by atoms with Gasteiger partial charge in [0, 0.05) is 19.6 Å². The minimum absolute atomic E-state index is 0.0734. The second-order valence-electron chi connectivity index (χ2n) is 5.45. The Balaban J connectivity index is 2.13. The van der Waals surface area contributed by atoms with Crippen LogP contribution in [0.2, 0.25) is 0 Å². The molecular formula is C15H24N4O2. The molecule has 0 amide bonds. The average molecular weight is 292 g/mol. The molecule has 0 radical (unpaired) electrons. The van der Waals surface area contributed by atoms with Crippen molar-refractivity contribution in [3.8, 4) is 5.75 Å². The third-order valence-corrected chi connectivity index (χ3v) is 3.87. The second-order valence-corrected chi connectivity index (χ2v) is 5.45. The lowest BCUT2D eigenvalue weighted by Gasteiger charge is -2.20. The number of methoxy groups -OCH3 is 1. The number of amidine groups is 1. The quantitative estimate of drug-likeness (QED) is 0.374. The van der Waals surface area contributed by atoms with Gasteiger partial charge in [-0.3, -0.25) is 4.90 Å². The summed E-state index contributed by atoms with van der Waals surface area (Å²) < 4.78 is 5.26. The Labute approximate surface area is 125 Å². The number of nitrogens with zero attached hydrogens (tertiary/aromatic N) is 3. The first-order chi connectivity index (χ1) is 10.1. The number of nitrogens with two attached hydrogens (primary N) is 1. The van der Waals surface area contributed by atoms with Crippen LogP contribution >= 0.6 is 0 Å². The molecule has 6 nitrogen and oxygen atoms in total. The lowest BCUT2D eigenvalue weighted by Crippen LogP contribution is -2.28. The molecule has 0 aliphatic carbocycles. The lowest BCUT2D eigenvalue weighted by atomic mass is 10.1. The number of hydrogen-bond acceptors (Lipinski definition) is 5. The summed E-state index contributed by atoms with van der Waals surface area (Å²) in [5, 5.41) is 12.0. The van der Waals surface area contributed by atoms with E-state index in [0.29, 0.717) is 11.3 Å². The SMILES string of the molecule is COc1ccc(CN2CCCN(C)CC2)cc1C(N)=NO. The second kappa shape index (κ2) is 7.28. The minimum atomic E-state index is 0.0734. The summed E-state index contributed by atoms with van der Waals surface area (Å²) in [6.45, 7) is 5.25. The molecular weight excluding hydrogens is 268 g/mol. The Bertz CT molecular complexity index is 504. The fourth-order valence-electron chi connectivity index (χ4n) is 2.62. The van der Waals surface area contributed by atoms with Gasteiger partial charge in [0.25, 0.3) is 0 Å². The standard InChI is InChI=1S/C15H24N4O2/c1-18-6-3-7-19(9-8-18)11-12-4-5-14(21-2)13(10-12)15(16)17-20/h4-5,10,20H,3,6-9,11H2,1-2H3,(H2,16,17). The van der Waals surface area contributed by atoms with Crippen LogP contribution in [0.3, 0.4) is 0 Å². The normalized spacial score (nSPS) is 18.5. The molecule has 3 N–H and O–H groups in total. The highest BCUT2D eigenvalue weighted by Crippen LogP contribution is 2.21. The molecule has 0 spiro atoms.